The molecule has 1 nitrogen and oxygen atoms in total. The molecule has 0 aromatic heterocycles. The summed E-state index contributed by atoms with van der Waals surface area (Å²) in [5, 5.41) is 0. The summed E-state index contributed by atoms with van der Waals surface area (Å²) in [6, 6.07) is 0. The van der Waals surface area contributed by atoms with Gasteiger partial charge in [0.1, 0.15) is 0 Å². The van der Waals surface area contributed by atoms with Gasteiger partial charge in [-0.15, -0.1) is 0 Å². The maximum absolute atomic E-state index is 5.64. The Bertz CT molecular complexity index is 62.5. The molecule has 0 aromatic carbocycles. The highest BCUT2D eigenvalue weighted by atomic mass is 32.1. The number of nitrogens with two attached hydrogens (primary N) is 1. The Morgan fingerprint density at radius 1 is 1.29 bits per heavy atom. The van der Waals surface area contributed by atoms with Crippen LogP contribution in [0.4, 0.5) is 0 Å². The van der Waals surface area contributed by atoms with Crippen LogP contribution in [0.5, 0.6) is 0 Å². The third-order valence-corrected chi connectivity index (χ3v) is 1.92. The smallest absolute Gasteiger partial charge is 0.0590 e. The van der Waals surface area contributed by atoms with E-state index in [0.29, 0.717) is 0 Å². The van der Waals surface area contributed by atoms with E-state index in [9.17, 15) is 0 Å². The van der Waals surface area contributed by atoms with Gasteiger partial charge < -0.3 is 5.73 Å². The number of thiol groups is 1. The molecule has 1 aliphatic rings. The van der Waals surface area contributed by atoms with E-state index < -0.39 is 0 Å². The van der Waals surface area contributed by atoms with Crippen molar-refractivity contribution in [2.45, 2.75) is 30.6 Å². The zero-order valence-electron chi connectivity index (χ0n) is 4.35. The van der Waals surface area contributed by atoms with Gasteiger partial charge in [0.2, 0.25) is 0 Å². The predicted molar refractivity (Wildman–Crippen MR) is 34.4 cm³/mol. The van der Waals surface area contributed by atoms with Crippen LogP contribution in [-0.4, -0.2) is 4.87 Å². The normalized spacial score (nSPS) is 28.3. The van der Waals surface area contributed by atoms with Crippen LogP contribution in [0.1, 0.15) is 25.7 Å². The van der Waals surface area contributed by atoms with E-state index in [0.717, 1.165) is 12.8 Å². The summed E-state index contributed by atoms with van der Waals surface area (Å²) in [6.07, 6.45) is 4.71. The Morgan fingerprint density at radius 2 is 1.71 bits per heavy atom. The summed E-state index contributed by atoms with van der Waals surface area (Å²) in [4.78, 5) is -0.111. The van der Waals surface area contributed by atoms with E-state index in [1.807, 2.05) is 0 Å². The summed E-state index contributed by atoms with van der Waals surface area (Å²) in [5.74, 6) is 0. The molecule has 0 aliphatic heterocycles. The van der Waals surface area contributed by atoms with Crippen molar-refractivity contribution in [3.05, 3.63) is 0 Å². The molecule has 42 valence electrons. The van der Waals surface area contributed by atoms with Gasteiger partial charge in [0.25, 0.3) is 0 Å². The fraction of sp³-hybridized carbons (Fsp3) is 1.00. The molecule has 1 saturated carbocycles. The standard InChI is InChI=1S/C5H11NS/c6-5(7)3-1-2-4-5/h7H,1-4,6H2. The van der Waals surface area contributed by atoms with Gasteiger partial charge in [0, 0.05) is 0 Å². The minimum absolute atomic E-state index is 0.111. The minimum Gasteiger partial charge on any atom is -0.317 e. The van der Waals surface area contributed by atoms with E-state index in [4.69, 9.17) is 5.73 Å². The van der Waals surface area contributed by atoms with Crippen LogP contribution >= 0.6 is 12.6 Å². The minimum atomic E-state index is -0.111. The second kappa shape index (κ2) is 1.67. The molecule has 0 aromatic rings. The molecule has 1 fully saturated rings. The molecule has 2 heteroatoms. The van der Waals surface area contributed by atoms with Gasteiger partial charge in [-0.05, 0) is 12.8 Å². The van der Waals surface area contributed by atoms with Crippen molar-refractivity contribution < 1.29 is 0 Å². The number of rotatable bonds is 0. The van der Waals surface area contributed by atoms with Crippen molar-refractivity contribution in [1.29, 1.82) is 0 Å². The van der Waals surface area contributed by atoms with Gasteiger partial charge in [0.15, 0.2) is 0 Å². The Kier molecular flexibility index (Phi) is 1.30. The van der Waals surface area contributed by atoms with Crippen LogP contribution in [0.3, 0.4) is 0 Å². The molecule has 0 saturated heterocycles. The third kappa shape index (κ3) is 1.35. The first-order valence-corrected chi connectivity index (χ1v) is 3.17. The van der Waals surface area contributed by atoms with Crippen LogP contribution in [0.15, 0.2) is 0 Å². The summed E-state index contributed by atoms with van der Waals surface area (Å²) in [6.45, 7) is 0. The van der Waals surface area contributed by atoms with E-state index in [1.165, 1.54) is 12.8 Å². The molecule has 1 aliphatic carbocycles. The molecule has 0 bridgehead atoms. The van der Waals surface area contributed by atoms with Gasteiger partial charge in [-0.3, -0.25) is 0 Å². The summed E-state index contributed by atoms with van der Waals surface area (Å²) in [5.41, 5.74) is 5.64. The van der Waals surface area contributed by atoms with E-state index in [-0.39, 0.29) is 4.87 Å². The van der Waals surface area contributed by atoms with Crippen molar-refractivity contribution in [3.63, 3.8) is 0 Å². The highest BCUT2D eigenvalue weighted by molar-refractivity contribution is 7.81. The highest BCUT2D eigenvalue weighted by Crippen LogP contribution is 2.29. The third-order valence-electron chi connectivity index (χ3n) is 1.47. The average Bonchev–Trinajstić information content (AvgIpc) is 1.84. The summed E-state index contributed by atoms with van der Waals surface area (Å²) in [7, 11) is 0. The van der Waals surface area contributed by atoms with Gasteiger partial charge in [-0.25, -0.2) is 0 Å². The lowest BCUT2D eigenvalue weighted by atomic mass is 10.3. The molecule has 1 rings (SSSR count). The molecule has 0 radical (unpaired) electrons. The topological polar surface area (TPSA) is 26.0 Å². The van der Waals surface area contributed by atoms with Gasteiger partial charge >= 0.3 is 0 Å². The largest absolute Gasteiger partial charge is 0.317 e. The van der Waals surface area contributed by atoms with Crippen molar-refractivity contribution in [1.82, 2.24) is 0 Å². The Hall–Kier alpha value is 0.310. The maximum Gasteiger partial charge on any atom is 0.0590 e. The first-order valence-electron chi connectivity index (χ1n) is 2.72. The molecule has 0 amide bonds. The molecule has 0 atom stereocenters. The van der Waals surface area contributed by atoms with Crippen molar-refractivity contribution >= 4 is 12.6 Å². The van der Waals surface area contributed by atoms with E-state index in [2.05, 4.69) is 12.6 Å². The van der Waals surface area contributed by atoms with Crippen LogP contribution in [-0.2, 0) is 0 Å². The van der Waals surface area contributed by atoms with Crippen molar-refractivity contribution in [3.8, 4) is 0 Å². The average molecular weight is 117 g/mol. The molecule has 0 unspecified atom stereocenters. The fourth-order valence-corrected chi connectivity index (χ4v) is 1.30. The first-order chi connectivity index (χ1) is 3.21. The quantitative estimate of drug-likeness (QED) is 0.361. The lowest BCUT2D eigenvalue weighted by Crippen LogP contribution is -2.28. The molecule has 0 heterocycles. The molecular formula is C5H11NS. The van der Waals surface area contributed by atoms with E-state index in [1.54, 1.807) is 0 Å². The highest BCUT2D eigenvalue weighted by Gasteiger charge is 2.23. The van der Waals surface area contributed by atoms with Gasteiger partial charge in [-0.2, -0.15) is 12.6 Å². The molecule has 2 N–H and O–H groups in total. The van der Waals surface area contributed by atoms with E-state index >= 15 is 0 Å². The van der Waals surface area contributed by atoms with Gasteiger partial charge in [-0.1, -0.05) is 12.8 Å². The molecular weight excluding hydrogens is 106 g/mol. The Balaban J connectivity index is 2.40. The van der Waals surface area contributed by atoms with Crippen LogP contribution in [0.25, 0.3) is 0 Å². The Labute approximate surface area is 49.7 Å². The lowest BCUT2D eigenvalue weighted by molar-refractivity contribution is 0.645. The zero-order valence-corrected chi connectivity index (χ0v) is 5.25. The monoisotopic (exact) mass is 117 g/mol. The van der Waals surface area contributed by atoms with Gasteiger partial charge in [0.05, 0.1) is 4.87 Å². The second-order valence-corrected chi connectivity index (χ2v) is 3.20. The number of hydrogen-bond acceptors (Lipinski definition) is 2. The SMILES string of the molecule is NC1(S)CCCC1. The predicted octanol–water partition coefficient (Wildman–Crippen LogP) is 1.15. The van der Waals surface area contributed by atoms with Crippen molar-refractivity contribution in [2.75, 3.05) is 0 Å². The van der Waals surface area contributed by atoms with Crippen LogP contribution in [0, 0.1) is 0 Å². The zero-order chi connectivity index (χ0) is 5.33. The summed E-state index contributed by atoms with van der Waals surface area (Å²) >= 11 is 4.23. The Morgan fingerprint density at radius 3 is 1.86 bits per heavy atom. The fourth-order valence-electron chi connectivity index (χ4n) is 0.987. The molecule has 7 heavy (non-hydrogen) atoms. The van der Waals surface area contributed by atoms with Crippen LogP contribution in [0.2, 0.25) is 0 Å². The van der Waals surface area contributed by atoms with Crippen LogP contribution < -0.4 is 5.73 Å². The lowest BCUT2D eigenvalue weighted by Gasteiger charge is -2.13. The summed E-state index contributed by atoms with van der Waals surface area (Å²) < 4.78 is 0. The maximum atomic E-state index is 5.64. The first kappa shape index (κ1) is 5.45. The second-order valence-electron chi connectivity index (χ2n) is 2.31. The number of hydrogen-bond donors (Lipinski definition) is 2. The molecule has 0 spiro atoms. The van der Waals surface area contributed by atoms with Crippen molar-refractivity contribution in [2.24, 2.45) is 5.73 Å².